The first-order valence-electron chi connectivity index (χ1n) is 4.98. The van der Waals surface area contributed by atoms with Crippen LogP contribution in [0, 0.1) is 9.49 Å². The van der Waals surface area contributed by atoms with E-state index >= 15 is 0 Å². The van der Waals surface area contributed by atoms with E-state index < -0.39 is 0 Å². The van der Waals surface area contributed by atoms with Crippen LogP contribution in [0.25, 0.3) is 0 Å². The van der Waals surface area contributed by atoms with Crippen LogP contribution in [0.2, 0.25) is 0 Å². The highest BCUT2D eigenvalue weighted by Crippen LogP contribution is 2.34. The Morgan fingerprint density at radius 1 is 1.50 bits per heavy atom. The van der Waals surface area contributed by atoms with Crippen molar-refractivity contribution in [2.24, 2.45) is 5.92 Å². The van der Waals surface area contributed by atoms with E-state index in [1.807, 2.05) is 6.07 Å². The lowest BCUT2D eigenvalue weighted by Gasteiger charge is -2.16. The second-order valence-electron chi connectivity index (χ2n) is 4.00. The Hall–Kier alpha value is -0.450. The first-order chi connectivity index (χ1) is 6.66. The van der Waals surface area contributed by atoms with Gasteiger partial charge in [0, 0.05) is 9.61 Å². The maximum Gasteiger partial charge on any atom is 0.0576 e. The van der Waals surface area contributed by atoms with Crippen LogP contribution in [-0.4, -0.2) is 6.04 Å². The summed E-state index contributed by atoms with van der Waals surface area (Å²) in [4.78, 5) is 0. The summed E-state index contributed by atoms with van der Waals surface area (Å²) < 4.78 is 1.18. The number of nitrogens with two attached hydrogens (primary N) is 1. The van der Waals surface area contributed by atoms with Crippen LogP contribution in [0.1, 0.15) is 19.8 Å². The molecule has 1 aliphatic rings. The third-order valence-electron chi connectivity index (χ3n) is 2.73. The fourth-order valence-corrected chi connectivity index (χ4v) is 2.14. The van der Waals surface area contributed by atoms with Gasteiger partial charge in [-0.1, -0.05) is 0 Å². The van der Waals surface area contributed by atoms with Crippen LogP contribution < -0.4 is 11.1 Å². The van der Waals surface area contributed by atoms with Crippen molar-refractivity contribution < 1.29 is 0 Å². The van der Waals surface area contributed by atoms with E-state index in [0.29, 0.717) is 6.04 Å². The summed E-state index contributed by atoms with van der Waals surface area (Å²) in [6, 6.07) is 6.70. The van der Waals surface area contributed by atoms with Gasteiger partial charge in [-0.2, -0.15) is 0 Å². The molecule has 1 unspecified atom stereocenters. The van der Waals surface area contributed by atoms with Crippen LogP contribution in [0.5, 0.6) is 0 Å². The molecule has 1 aromatic carbocycles. The van der Waals surface area contributed by atoms with Crippen molar-refractivity contribution in [2.75, 3.05) is 11.1 Å². The van der Waals surface area contributed by atoms with E-state index in [0.717, 1.165) is 17.3 Å². The molecule has 76 valence electrons. The van der Waals surface area contributed by atoms with Gasteiger partial charge in [-0.3, -0.25) is 0 Å². The molecule has 0 aliphatic heterocycles. The fourth-order valence-electron chi connectivity index (χ4n) is 1.62. The van der Waals surface area contributed by atoms with Crippen LogP contribution in [-0.2, 0) is 0 Å². The van der Waals surface area contributed by atoms with Crippen LogP contribution in [0.4, 0.5) is 11.4 Å². The number of hydrogen-bond donors (Lipinski definition) is 2. The summed E-state index contributed by atoms with van der Waals surface area (Å²) in [6.45, 7) is 2.23. The number of rotatable bonds is 3. The van der Waals surface area contributed by atoms with Crippen molar-refractivity contribution in [3.8, 4) is 0 Å². The average Bonchev–Trinajstić information content (AvgIpc) is 2.92. The standard InChI is InChI=1S/C11H15IN2/c1-7(8-2-3-8)14-11-5-4-9(12)6-10(11)13/h4-8,14H,2-3,13H2,1H3. The van der Waals surface area contributed by atoms with Gasteiger partial charge in [0.05, 0.1) is 11.4 Å². The normalized spacial score (nSPS) is 17.9. The summed E-state index contributed by atoms with van der Waals surface area (Å²) in [5.74, 6) is 0.855. The number of hydrogen-bond acceptors (Lipinski definition) is 2. The Balaban J connectivity index is 2.07. The molecule has 2 rings (SSSR count). The Morgan fingerprint density at radius 3 is 2.79 bits per heavy atom. The van der Waals surface area contributed by atoms with E-state index in [2.05, 4.69) is 47.0 Å². The Morgan fingerprint density at radius 2 is 2.21 bits per heavy atom. The summed E-state index contributed by atoms with van der Waals surface area (Å²) >= 11 is 2.27. The smallest absolute Gasteiger partial charge is 0.0576 e. The third kappa shape index (κ3) is 2.32. The van der Waals surface area contributed by atoms with Crippen molar-refractivity contribution >= 4 is 34.0 Å². The zero-order chi connectivity index (χ0) is 10.1. The maximum absolute atomic E-state index is 5.92. The van der Waals surface area contributed by atoms with Gasteiger partial charge >= 0.3 is 0 Å². The molecule has 1 atom stereocenters. The van der Waals surface area contributed by atoms with E-state index in [1.165, 1.54) is 16.4 Å². The highest BCUT2D eigenvalue weighted by atomic mass is 127. The minimum Gasteiger partial charge on any atom is -0.397 e. The number of nitrogens with one attached hydrogen (secondary N) is 1. The van der Waals surface area contributed by atoms with Crippen molar-refractivity contribution in [3.63, 3.8) is 0 Å². The molecule has 0 aromatic heterocycles. The highest BCUT2D eigenvalue weighted by molar-refractivity contribution is 14.1. The molecule has 0 heterocycles. The quantitative estimate of drug-likeness (QED) is 0.665. The predicted molar refractivity (Wildman–Crippen MR) is 69.4 cm³/mol. The summed E-state index contributed by atoms with van der Waals surface area (Å²) in [5, 5.41) is 3.47. The van der Waals surface area contributed by atoms with Gasteiger partial charge in [-0.25, -0.2) is 0 Å². The topological polar surface area (TPSA) is 38.0 Å². The second kappa shape index (κ2) is 3.96. The fraction of sp³-hybridized carbons (Fsp3) is 0.455. The van der Waals surface area contributed by atoms with E-state index in [9.17, 15) is 0 Å². The molecular formula is C11H15IN2. The molecule has 0 radical (unpaired) electrons. The Bertz CT molecular complexity index is 334. The van der Waals surface area contributed by atoms with Crippen molar-refractivity contribution in [1.29, 1.82) is 0 Å². The van der Waals surface area contributed by atoms with Gasteiger partial charge < -0.3 is 11.1 Å². The number of nitrogen functional groups attached to an aromatic ring is 1. The maximum atomic E-state index is 5.92. The highest BCUT2D eigenvalue weighted by Gasteiger charge is 2.27. The van der Waals surface area contributed by atoms with Gasteiger partial charge in [0.2, 0.25) is 0 Å². The Kier molecular flexibility index (Phi) is 2.85. The number of anilines is 2. The number of halogens is 1. The molecule has 3 N–H and O–H groups in total. The van der Waals surface area contributed by atoms with E-state index in [-0.39, 0.29) is 0 Å². The van der Waals surface area contributed by atoms with E-state index in [1.54, 1.807) is 0 Å². The van der Waals surface area contributed by atoms with Gasteiger partial charge in [0.1, 0.15) is 0 Å². The van der Waals surface area contributed by atoms with Gasteiger partial charge in [0.15, 0.2) is 0 Å². The third-order valence-corrected chi connectivity index (χ3v) is 3.40. The molecule has 2 nitrogen and oxygen atoms in total. The van der Waals surface area contributed by atoms with Crippen LogP contribution >= 0.6 is 22.6 Å². The molecule has 3 heteroatoms. The summed E-state index contributed by atoms with van der Waals surface area (Å²) in [6.07, 6.45) is 2.72. The van der Waals surface area contributed by atoms with Crippen molar-refractivity contribution in [2.45, 2.75) is 25.8 Å². The minimum atomic E-state index is 0.553. The lowest BCUT2D eigenvalue weighted by molar-refractivity contribution is 0.694. The van der Waals surface area contributed by atoms with Gasteiger partial charge in [-0.15, -0.1) is 0 Å². The van der Waals surface area contributed by atoms with Gasteiger partial charge in [0.25, 0.3) is 0 Å². The first kappa shape index (κ1) is 10.1. The predicted octanol–water partition coefficient (Wildman–Crippen LogP) is 3.08. The van der Waals surface area contributed by atoms with Gasteiger partial charge in [-0.05, 0) is 66.5 Å². The van der Waals surface area contributed by atoms with Crippen molar-refractivity contribution in [3.05, 3.63) is 21.8 Å². The lowest BCUT2D eigenvalue weighted by Crippen LogP contribution is -2.18. The molecule has 14 heavy (non-hydrogen) atoms. The summed E-state index contributed by atoms with van der Waals surface area (Å²) in [5.41, 5.74) is 7.85. The molecule has 1 saturated carbocycles. The second-order valence-corrected chi connectivity index (χ2v) is 5.25. The van der Waals surface area contributed by atoms with E-state index in [4.69, 9.17) is 5.73 Å². The number of benzene rings is 1. The average molecular weight is 302 g/mol. The van der Waals surface area contributed by atoms with Crippen LogP contribution in [0.15, 0.2) is 18.2 Å². The van der Waals surface area contributed by atoms with Crippen LogP contribution in [0.3, 0.4) is 0 Å². The van der Waals surface area contributed by atoms with Crippen molar-refractivity contribution in [1.82, 2.24) is 0 Å². The lowest BCUT2D eigenvalue weighted by atomic mass is 10.2. The largest absolute Gasteiger partial charge is 0.397 e. The molecule has 0 amide bonds. The molecule has 1 fully saturated rings. The Labute approximate surface area is 98.4 Å². The monoisotopic (exact) mass is 302 g/mol. The minimum absolute atomic E-state index is 0.553. The molecular weight excluding hydrogens is 287 g/mol. The zero-order valence-electron chi connectivity index (χ0n) is 8.26. The molecule has 0 saturated heterocycles. The molecule has 0 spiro atoms. The molecule has 1 aliphatic carbocycles. The summed E-state index contributed by atoms with van der Waals surface area (Å²) in [7, 11) is 0. The first-order valence-corrected chi connectivity index (χ1v) is 6.06. The zero-order valence-corrected chi connectivity index (χ0v) is 10.4. The molecule has 0 bridgehead atoms. The molecule has 1 aromatic rings. The SMILES string of the molecule is CC(Nc1ccc(I)cc1N)C1CC1.